The van der Waals surface area contributed by atoms with Crippen molar-refractivity contribution in [1.82, 2.24) is 0 Å². The number of hydrogen-bond donors (Lipinski definition) is 0. The van der Waals surface area contributed by atoms with Gasteiger partial charge in [-0.15, -0.1) is 0 Å². The minimum Gasteiger partial charge on any atom is -0.326 e. The maximum Gasteiger partial charge on any atom is 0.0787 e. The Hall–Kier alpha value is -0.860. The summed E-state index contributed by atoms with van der Waals surface area (Å²) < 4.78 is 2.63. The van der Waals surface area contributed by atoms with E-state index in [1.807, 2.05) is 0 Å². The van der Waals surface area contributed by atoms with Gasteiger partial charge in [0.05, 0.1) is 53.4 Å². The zero-order valence-electron chi connectivity index (χ0n) is 16.1. The number of aryl methyl sites for hydroxylation is 2. The van der Waals surface area contributed by atoms with E-state index in [1.54, 1.807) is 0 Å². The second-order valence-corrected chi connectivity index (χ2v) is 9.02. The van der Waals surface area contributed by atoms with Crippen molar-refractivity contribution in [3.05, 3.63) is 35.4 Å². The number of likely N-dealkylation sites (tertiary alicyclic amines) is 2. The summed E-state index contributed by atoms with van der Waals surface area (Å²) in [4.78, 5) is 0. The van der Waals surface area contributed by atoms with Gasteiger partial charge in [-0.1, -0.05) is 24.3 Å². The van der Waals surface area contributed by atoms with Gasteiger partial charge in [0, 0.05) is 38.5 Å². The van der Waals surface area contributed by atoms with E-state index in [4.69, 9.17) is 0 Å². The summed E-state index contributed by atoms with van der Waals surface area (Å²) >= 11 is 0. The van der Waals surface area contributed by atoms with Gasteiger partial charge in [0.25, 0.3) is 0 Å². The first-order valence-corrected chi connectivity index (χ1v) is 10.3. The van der Waals surface area contributed by atoms with E-state index in [9.17, 15) is 0 Å². The maximum absolute atomic E-state index is 2.44. The largest absolute Gasteiger partial charge is 0.326 e. The lowest BCUT2D eigenvalue weighted by Crippen LogP contribution is -2.41. The molecule has 134 valence electrons. The third-order valence-electron chi connectivity index (χ3n) is 6.64. The Morgan fingerprint density at radius 3 is 1.29 bits per heavy atom. The Morgan fingerprint density at radius 2 is 0.958 bits per heavy atom. The zero-order chi connectivity index (χ0) is 16.9. The molecule has 2 aliphatic rings. The molecule has 2 saturated heterocycles. The van der Waals surface area contributed by atoms with Crippen LogP contribution in [0.15, 0.2) is 24.3 Å². The smallest absolute Gasteiger partial charge is 0.0787 e. The van der Waals surface area contributed by atoms with Gasteiger partial charge in [-0.25, -0.2) is 0 Å². The predicted molar refractivity (Wildman–Crippen MR) is 103 cm³/mol. The molecule has 0 N–H and O–H groups in total. The molecule has 2 nitrogen and oxygen atoms in total. The topological polar surface area (TPSA) is 0 Å². The second kappa shape index (κ2) is 8.01. The first-order chi connectivity index (χ1) is 11.6. The lowest BCUT2D eigenvalue weighted by molar-refractivity contribution is -0.897. The maximum atomic E-state index is 2.44. The number of quaternary nitrogens is 2. The molecule has 2 fully saturated rings. The molecule has 0 spiro atoms. The molecule has 2 heteroatoms. The fourth-order valence-electron chi connectivity index (χ4n) is 4.85. The molecular formula is C22H38N2+2. The highest BCUT2D eigenvalue weighted by Gasteiger charge is 2.26. The van der Waals surface area contributed by atoms with Crippen LogP contribution in [-0.2, 0) is 12.8 Å². The van der Waals surface area contributed by atoms with Gasteiger partial charge in [-0.3, -0.25) is 0 Å². The van der Waals surface area contributed by atoms with Crippen LogP contribution in [-0.4, -0.2) is 62.3 Å². The van der Waals surface area contributed by atoms with Crippen molar-refractivity contribution in [3.8, 4) is 0 Å². The average molecular weight is 331 g/mol. The molecule has 24 heavy (non-hydrogen) atoms. The molecule has 0 aliphatic carbocycles. The van der Waals surface area contributed by atoms with E-state index in [-0.39, 0.29) is 0 Å². The molecule has 0 saturated carbocycles. The van der Waals surface area contributed by atoms with Gasteiger partial charge >= 0.3 is 0 Å². The fourth-order valence-corrected chi connectivity index (χ4v) is 4.85. The Morgan fingerprint density at radius 1 is 0.625 bits per heavy atom. The monoisotopic (exact) mass is 330 g/mol. The molecule has 0 radical (unpaired) electrons. The Balaban J connectivity index is 1.37. The fraction of sp³-hybridized carbons (Fsp3) is 0.727. The van der Waals surface area contributed by atoms with Gasteiger partial charge in [0.1, 0.15) is 0 Å². The summed E-state index contributed by atoms with van der Waals surface area (Å²) in [5.74, 6) is 0. The summed E-state index contributed by atoms with van der Waals surface area (Å²) in [6.07, 6.45) is 10.9. The zero-order valence-corrected chi connectivity index (χ0v) is 16.1. The Labute approximate surface area is 149 Å². The van der Waals surface area contributed by atoms with Crippen LogP contribution in [0.1, 0.15) is 49.7 Å². The van der Waals surface area contributed by atoms with Crippen molar-refractivity contribution in [3.63, 3.8) is 0 Å². The van der Waals surface area contributed by atoms with Crippen molar-refractivity contribution in [2.24, 2.45) is 0 Å². The van der Waals surface area contributed by atoms with Crippen LogP contribution in [0.25, 0.3) is 0 Å². The number of benzene rings is 1. The SMILES string of the molecule is C[N+]1(CCCc2ccc(CCC[N+]3(C)CCCC3)cc2)CCCC1. The van der Waals surface area contributed by atoms with Crippen LogP contribution >= 0.6 is 0 Å². The summed E-state index contributed by atoms with van der Waals surface area (Å²) in [7, 11) is 4.89. The Bertz CT molecular complexity index is 446. The summed E-state index contributed by atoms with van der Waals surface area (Å²) in [6.45, 7) is 8.32. The molecule has 1 aromatic rings. The molecule has 0 amide bonds. The highest BCUT2D eigenvalue weighted by molar-refractivity contribution is 5.22. The van der Waals surface area contributed by atoms with Crippen molar-refractivity contribution in [2.45, 2.75) is 51.4 Å². The quantitative estimate of drug-likeness (QED) is 0.631. The normalized spacial score (nSPS) is 22.1. The van der Waals surface area contributed by atoms with Crippen LogP contribution in [0.5, 0.6) is 0 Å². The van der Waals surface area contributed by atoms with Gasteiger partial charge in [0.15, 0.2) is 0 Å². The number of nitrogens with zero attached hydrogens (tertiary/aromatic N) is 2. The minimum absolute atomic E-state index is 1.25. The first-order valence-electron chi connectivity index (χ1n) is 10.3. The van der Waals surface area contributed by atoms with E-state index in [1.165, 1.54) is 111 Å². The highest BCUT2D eigenvalue weighted by Crippen LogP contribution is 2.19. The van der Waals surface area contributed by atoms with Crippen molar-refractivity contribution in [2.75, 3.05) is 53.4 Å². The van der Waals surface area contributed by atoms with Gasteiger partial charge in [0.2, 0.25) is 0 Å². The molecule has 0 atom stereocenters. The standard InChI is InChI=1S/C22H38N2/c1-23(15-3-4-16-23)19-7-9-21-11-13-22(14-12-21)10-8-20-24(2)17-5-6-18-24/h11-14H,3-10,15-20H2,1-2H3/q+2. The molecular weight excluding hydrogens is 292 g/mol. The third-order valence-corrected chi connectivity index (χ3v) is 6.64. The van der Waals surface area contributed by atoms with Crippen LogP contribution in [0.2, 0.25) is 0 Å². The molecule has 0 bridgehead atoms. The summed E-state index contributed by atoms with van der Waals surface area (Å²) in [5, 5.41) is 0. The summed E-state index contributed by atoms with van der Waals surface area (Å²) in [6, 6.07) is 9.52. The van der Waals surface area contributed by atoms with Crippen molar-refractivity contribution in [1.29, 1.82) is 0 Å². The van der Waals surface area contributed by atoms with Crippen molar-refractivity contribution < 1.29 is 8.97 Å². The van der Waals surface area contributed by atoms with E-state index in [2.05, 4.69) is 38.4 Å². The molecule has 2 heterocycles. The summed E-state index contributed by atoms with van der Waals surface area (Å²) in [5.41, 5.74) is 3.06. The van der Waals surface area contributed by atoms with E-state index in [0.29, 0.717) is 0 Å². The van der Waals surface area contributed by atoms with E-state index in [0.717, 1.165) is 0 Å². The molecule has 1 aromatic carbocycles. The third kappa shape index (κ3) is 5.07. The van der Waals surface area contributed by atoms with Gasteiger partial charge in [-0.05, 0) is 24.0 Å². The van der Waals surface area contributed by atoms with E-state index >= 15 is 0 Å². The highest BCUT2D eigenvalue weighted by atomic mass is 15.3. The average Bonchev–Trinajstić information content (AvgIpc) is 3.19. The minimum atomic E-state index is 1.25. The molecule has 0 aromatic heterocycles. The lowest BCUT2D eigenvalue weighted by Gasteiger charge is -2.29. The van der Waals surface area contributed by atoms with Crippen molar-refractivity contribution >= 4 is 0 Å². The number of rotatable bonds is 8. The predicted octanol–water partition coefficient (Wildman–Crippen LogP) is 4.03. The van der Waals surface area contributed by atoms with Crippen LogP contribution in [0.4, 0.5) is 0 Å². The van der Waals surface area contributed by atoms with Crippen LogP contribution < -0.4 is 0 Å². The van der Waals surface area contributed by atoms with Crippen LogP contribution in [0.3, 0.4) is 0 Å². The first kappa shape index (κ1) is 17.9. The molecule has 0 unspecified atom stereocenters. The number of hydrogen-bond acceptors (Lipinski definition) is 0. The molecule has 3 rings (SSSR count). The van der Waals surface area contributed by atoms with Gasteiger partial charge in [-0.2, -0.15) is 0 Å². The molecule has 2 aliphatic heterocycles. The van der Waals surface area contributed by atoms with Crippen LogP contribution in [0, 0.1) is 0 Å². The van der Waals surface area contributed by atoms with E-state index < -0.39 is 0 Å². The Kier molecular flexibility index (Phi) is 5.99. The lowest BCUT2D eigenvalue weighted by atomic mass is 10.0. The second-order valence-electron chi connectivity index (χ2n) is 9.02. The van der Waals surface area contributed by atoms with Gasteiger partial charge < -0.3 is 8.97 Å².